The summed E-state index contributed by atoms with van der Waals surface area (Å²) >= 11 is 10.2. The maximum absolute atomic E-state index is 12.1. The van der Waals surface area contributed by atoms with Gasteiger partial charge in [-0.2, -0.15) is 0 Å². The van der Waals surface area contributed by atoms with Crippen LogP contribution in [0.5, 0.6) is 0 Å². The average molecular weight is 607 g/mol. The Morgan fingerprint density at radius 3 is 2.15 bits per heavy atom. The number of hydrogen-bond acceptors (Lipinski definition) is 6. The fourth-order valence-corrected chi connectivity index (χ4v) is 3.92. The average Bonchev–Trinajstić information content (AvgIpc) is 2.62. The van der Waals surface area contributed by atoms with E-state index in [1.165, 1.54) is 4.68 Å². The van der Waals surface area contributed by atoms with Gasteiger partial charge in [0, 0.05) is 72.1 Å². The first kappa shape index (κ1) is 22.4. The Bertz CT molecular complexity index is 814. The first-order valence-corrected chi connectivity index (χ1v) is 10.4. The van der Waals surface area contributed by atoms with Gasteiger partial charge in [-0.1, -0.05) is 6.07 Å². The number of pyridine rings is 1. The Labute approximate surface area is 186 Å². The van der Waals surface area contributed by atoms with Crippen LogP contribution in [0.4, 0.5) is 11.4 Å². The van der Waals surface area contributed by atoms with Crippen molar-refractivity contribution in [1.29, 1.82) is 0 Å². The Morgan fingerprint density at radius 1 is 1.00 bits per heavy atom. The second-order valence-electron chi connectivity index (χ2n) is 5.79. The number of hydrogen-bond donors (Lipinski definition) is 1. The van der Waals surface area contributed by atoms with Gasteiger partial charge >= 0.3 is 0 Å². The van der Waals surface area contributed by atoms with Gasteiger partial charge in [-0.3, -0.25) is 4.72 Å². The van der Waals surface area contributed by atoms with Crippen molar-refractivity contribution < 1.29 is 35.5 Å². The van der Waals surface area contributed by atoms with Crippen molar-refractivity contribution >= 4 is 46.8 Å². The third-order valence-electron chi connectivity index (χ3n) is 3.99. The quantitative estimate of drug-likeness (QED) is 0.301. The molecule has 1 radical (unpaired) electrons. The summed E-state index contributed by atoms with van der Waals surface area (Å²) in [6.45, 7) is 3.35. The van der Waals surface area contributed by atoms with Gasteiger partial charge < -0.3 is 39.9 Å². The zero-order chi connectivity index (χ0) is 18.6. The zero-order valence-corrected chi connectivity index (χ0v) is 18.8. The molecule has 1 aliphatic rings. The molecular formula is C16H19AuN5O2S3-2. The van der Waals surface area contributed by atoms with Crippen LogP contribution in [0.2, 0.25) is 0 Å². The van der Waals surface area contributed by atoms with E-state index in [0.29, 0.717) is 5.69 Å². The summed E-state index contributed by atoms with van der Waals surface area (Å²) in [5, 5.41) is 0. The normalized spacial score (nSPS) is 15.3. The summed E-state index contributed by atoms with van der Waals surface area (Å²) in [6.07, 6.45) is 3.11. The number of nitrogens with zero attached hydrogens (tertiary/aromatic N) is 4. The van der Waals surface area contributed by atoms with Crippen molar-refractivity contribution in [2.45, 2.75) is 4.71 Å². The van der Waals surface area contributed by atoms with E-state index >= 15 is 0 Å². The third kappa shape index (κ3) is 6.60. The predicted molar refractivity (Wildman–Crippen MR) is 107 cm³/mol. The van der Waals surface area contributed by atoms with Crippen LogP contribution in [0.25, 0.3) is 4.83 Å². The first-order chi connectivity index (χ1) is 12.4. The van der Waals surface area contributed by atoms with Gasteiger partial charge in [0.2, 0.25) is 10.2 Å². The van der Waals surface area contributed by atoms with E-state index in [2.05, 4.69) is 19.4 Å². The molecule has 1 N–H and O–H groups in total. The van der Waals surface area contributed by atoms with E-state index in [1.807, 2.05) is 12.1 Å². The van der Waals surface area contributed by atoms with E-state index in [9.17, 15) is 8.42 Å². The van der Waals surface area contributed by atoms with E-state index in [4.69, 9.17) is 25.3 Å². The number of benzene rings is 1. The van der Waals surface area contributed by atoms with Crippen molar-refractivity contribution in [3.8, 4) is 0 Å². The molecule has 0 aliphatic carbocycles. The number of anilines is 2. The fraction of sp³-hybridized carbons (Fsp3) is 0.312. The summed E-state index contributed by atoms with van der Waals surface area (Å²) in [5.41, 5.74) is 1.50. The Hall–Kier alpha value is -0.880. The van der Waals surface area contributed by atoms with Crippen LogP contribution >= 0.6 is 0 Å². The van der Waals surface area contributed by atoms with Crippen LogP contribution < -0.4 is 14.3 Å². The molecule has 1 fully saturated rings. The molecule has 11 heteroatoms. The molecule has 0 bridgehead atoms. The molecule has 0 amide bonds. The monoisotopic (exact) mass is 606 g/mol. The number of nitrogens with one attached hydrogen (secondary N) is 1. The molecule has 1 aromatic heterocycles. The zero-order valence-electron chi connectivity index (χ0n) is 14.2. The van der Waals surface area contributed by atoms with Crippen LogP contribution in [0.15, 0.2) is 54.9 Å². The fourth-order valence-electron chi connectivity index (χ4n) is 2.67. The minimum atomic E-state index is -3.85. The minimum Gasteiger partial charge on any atom is -0.800 e. The van der Waals surface area contributed by atoms with Crippen molar-refractivity contribution in [2.24, 2.45) is 0 Å². The second kappa shape index (κ2) is 10.1. The molecule has 2 heterocycles. The van der Waals surface area contributed by atoms with Crippen LogP contribution in [0, 0.1) is 0 Å². The SMILES string of the molecule is O=S(=O)([N-][n+]1ccccc1)Nc1ccc(N2CCN(C([S-])[S-])CC2)cc1.[Au]. The summed E-state index contributed by atoms with van der Waals surface area (Å²) in [5.74, 6) is 0. The molecule has 7 nitrogen and oxygen atoms in total. The predicted octanol–water partition coefficient (Wildman–Crippen LogP) is 0.965. The number of piperazine rings is 1. The molecule has 151 valence electrons. The molecule has 1 saturated heterocycles. The van der Waals surface area contributed by atoms with Crippen molar-refractivity contribution in [2.75, 3.05) is 35.8 Å². The second-order valence-corrected chi connectivity index (χ2v) is 8.30. The molecule has 0 unspecified atom stereocenters. The molecule has 1 aromatic carbocycles. The third-order valence-corrected chi connectivity index (χ3v) is 5.49. The van der Waals surface area contributed by atoms with E-state index in [1.54, 1.807) is 42.7 Å². The van der Waals surface area contributed by atoms with Crippen LogP contribution in [0.3, 0.4) is 0 Å². The topological polar surface area (TPSA) is 70.6 Å². The van der Waals surface area contributed by atoms with Crippen LogP contribution in [-0.4, -0.2) is 44.2 Å². The molecule has 2 aromatic rings. The Kier molecular flexibility index (Phi) is 8.35. The summed E-state index contributed by atoms with van der Waals surface area (Å²) in [7, 11) is -3.85. The van der Waals surface area contributed by atoms with Gasteiger partial charge in [0.05, 0.1) is 0 Å². The van der Waals surface area contributed by atoms with Gasteiger partial charge in [-0.25, -0.2) is 17.8 Å². The van der Waals surface area contributed by atoms with Crippen molar-refractivity contribution in [3.63, 3.8) is 0 Å². The summed E-state index contributed by atoms with van der Waals surface area (Å²) < 4.78 is 27.7. The van der Waals surface area contributed by atoms with Gasteiger partial charge in [-0.05, 0) is 24.3 Å². The summed E-state index contributed by atoms with van der Waals surface area (Å²) in [6, 6.07) is 12.4. The minimum absolute atomic E-state index is 0. The largest absolute Gasteiger partial charge is 0.800 e. The molecule has 1 aliphatic heterocycles. The van der Waals surface area contributed by atoms with Gasteiger partial charge in [0.15, 0.2) is 12.4 Å². The standard InChI is InChI=1S/C16H21N5O2S3.Au/c22-26(23,18-21-8-2-1-3-9-21)17-14-4-6-15(7-5-14)19-10-12-20(13-11-19)16(24)25;/h1-9,16-17,24-25H,10-13H2;/p-2. The molecule has 3 rings (SSSR count). The van der Waals surface area contributed by atoms with Crippen LogP contribution in [0.1, 0.15) is 0 Å². The van der Waals surface area contributed by atoms with Gasteiger partial charge in [0.1, 0.15) is 0 Å². The van der Waals surface area contributed by atoms with Crippen molar-refractivity contribution in [1.82, 2.24) is 4.90 Å². The van der Waals surface area contributed by atoms with Crippen molar-refractivity contribution in [3.05, 3.63) is 59.7 Å². The van der Waals surface area contributed by atoms with E-state index in [-0.39, 0.29) is 27.1 Å². The Balaban J connectivity index is 0.00000261. The first-order valence-electron chi connectivity index (χ1n) is 8.06. The Morgan fingerprint density at radius 2 is 1.59 bits per heavy atom. The van der Waals surface area contributed by atoms with E-state index in [0.717, 1.165) is 31.9 Å². The maximum atomic E-state index is 12.1. The molecule has 0 spiro atoms. The maximum Gasteiger partial charge on any atom is 0.224 e. The van der Waals surface area contributed by atoms with Gasteiger partial charge in [0.25, 0.3) is 0 Å². The molecule has 27 heavy (non-hydrogen) atoms. The molecule has 0 atom stereocenters. The van der Waals surface area contributed by atoms with Gasteiger partial charge in [-0.15, -0.1) is 0 Å². The molecule has 0 saturated carbocycles. The number of aromatic nitrogens is 1. The molecular weight excluding hydrogens is 587 g/mol. The van der Waals surface area contributed by atoms with Crippen LogP contribution in [-0.2, 0) is 57.8 Å². The summed E-state index contributed by atoms with van der Waals surface area (Å²) in [4.78, 5) is 7.98. The number of rotatable bonds is 6. The smallest absolute Gasteiger partial charge is 0.224 e. The van der Waals surface area contributed by atoms with E-state index < -0.39 is 10.2 Å².